The Morgan fingerprint density at radius 3 is 2.46 bits per heavy atom. The number of ketones is 1. The Morgan fingerprint density at radius 2 is 1.78 bits per heavy atom. The van der Waals surface area contributed by atoms with Gasteiger partial charge in [-0.1, -0.05) is 6.92 Å². The average Bonchev–Trinajstić information content (AvgIpc) is 3.27. The zero-order valence-electron chi connectivity index (χ0n) is 23.4. The van der Waals surface area contributed by atoms with E-state index in [2.05, 4.69) is 53.2 Å². The maximum atomic E-state index is 13.9. The summed E-state index contributed by atoms with van der Waals surface area (Å²) < 4.78 is 2.14. The summed E-state index contributed by atoms with van der Waals surface area (Å²) in [6.45, 7) is 9.03. The first-order chi connectivity index (χ1) is 19.4. The number of Topliss-reactive ketones (excluding diaryl/α,β-unsaturated/α-hetero) is 1. The van der Waals surface area contributed by atoms with Crippen LogP contribution in [0, 0.1) is 26.2 Å². The minimum Gasteiger partial charge on any atom is -0.325 e. The fraction of sp³-hybridized carbons (Fsp3) is 0.379. The highest BCUT2D eigenvalue weighted by Crippen LogP contribution is 2.59. The van der Waals surface area contributed by atoms with E-state index in [4.69, 9.17) is 0 Å². The van der Waals surface area contributed by atoms with Crippen LogP contribution in [0.5, 0.6) is 0 Å². The molecule has 2 amide bonds. The zero-order chi connectivity index (χ0) is 29.2. The minimum absolute atomic E-state index is 0.0232. The summed E-state index contributed by atoms with van der Waals surface area (Å²) in [6.07, 6.45) is 6.40. The Hall–Kier alpha value is -4.06. The van der Waals surface area contributed by atoms with Crippen molar-refractivity contribution in [1.82, 2.24) is 34.6 Å². The third-order valence-corrected chi connectivity index (χ3v) is 8.89. The Balaban J connectivity index is 1.31. The van der Waals surface area contributed by atoms with E-state index in [1.165, 1.54) is 13.1 Å². The number of aromatic nitrogens is 6. The largest absolute Gasteiger partial charge is 0.325 e. The number of nitrogens with one attached hydrogen (secondary N) is 1. The van der Waals surface area contributed by atoms with Crippen molar-refractivity contribution in [3.05, 3.63) is 58.1 Å². The molecule has 3 atom stereocenters. The quantitative estimate of drug-likeness (QED) is 0.318. The Kier molecular flexibility index (Phi) is 6.48. The maximum Gasteiger partial charge on any atom is 0.248 e. The topological polar surface area (TPSA) is 136 Å². The molecule has 1 N–H and O–H groups in total. The monoisotopic (exact) mass is 616 g/mol. The highest BCUT2D eigenvalue weighted by molar-refractivity contribution is 9.10. The number of fused-ring (bicyclic) bond motifs is 2. The van der Waals surface area contributed by atoms with Gasteiger partial charge in [0.25, 0.3) is 0 Å². The third-order valence-electron chi connectivity index (χ3n) is 8.14. The molecule has 3 aromatic heterocycles. The summed E-state index contributed by atoms with van der Waals surface area (Å²) in [5.74, 6) is 0.273. The van der Waals surface area contributed by atoms with E-state index in [0.717, 1.165) is 23.1 Å². The summed E-state index contributed by atoms with van der Waals surface area (Å²) in [7, 11) is 0. The fourth-order valence-corrected chi connectivity index (χ4v) is 6.17. The highest BCUT2D eigenvalue weighted by Gasteiger charge is 2.64. The first-order valence-corrected chi connectivity index (χ1v) is 14.2. The molecule has 210 valence electrons. The summed E-state index contributed by atoms with van der Waals surface area (Å²) in [6, 6.07) is 3.21. The van der Waals surface area contributed by atoms with Crippen LogP contribution in [0.25, 0.3) is 22.0 Å². The lowest BCUT2D eigenvalue weighted by Crippen LogP contribution is -2.46. The van der Waals surface area contributed by atoms with Crippen LogP contribution in [0.2, 0.25) is 0 Å². The Morgan fingerprint density at radius 1 is 1.05 bits per heavy atom. The second-order valence-corrected chi connectivity index (χ2v) is 12.0. The number of likely N-dealkylation sites (tertiary alicyclic amines) is 1. The molecule has 1 saturated carbocycles. The second-order valence-electron chi connectivity index (χ2n) is 11.3. The van der Waals surface area contributed by atoms with Crippen LogP contribution in [0.1, 0.15) is 54.3 Å². The molecule has 4 heterocycles. The molecule has 0 bridgehead atoms. The molecule has 2 fully saturated rings. The van der Waals surface area contributed by atoms with Crippen molar-refractivity contribution in [3.8, 4) is 11.1 Å². The lowest BCUT2D eigenvalue weighted by Gasteiger charge is -2.27. The molecule has 6 rings (SSSR count). The van der Waals surface area contributed by atoms with Crippen molar-refractivity contribution in [2.24, 2.45) is 5.41 Å². The number of carbonyl (C=O) groups is 3. The van der Waals surface area contributed by atoms with Gasteiger partial charge in [-0.15, -0.1) is 0 Å². The zero-order valence-corrected chi connectivity index (χ0v) is 25.0. The molecule has 0 spiro atoms. The summed E-state index contributed by atoms with van der Waals surface area (Å²) >= 11 is 3.35. The molecule has 11 nitrogen and oxygen atoms in total. The van der Waals surface area contributed by atoms with E-state index in [1.54, 1.807) is 22.0 Å². The third kappa shape index (κ3) is 4.79. The van der Waals surface area contributed by atoms with Crippen molar-refractivity contribution in [2.45, 2.75) is 66.1 Å². The van der Waals surface area contributed by atoms with E-state index < -0.39 is 6.04 Å². The van der Waals surface area contributed by atoms with Crippen LogP contribution in [0.3, 0.4) is 0 Å². The minimum atomic E-state index is -0.642. The number of hydrogen-bond donors (Lipinski definition) is 1. The van der Waals surface area contributed by atoms with Crippen molar-refractivity contribution in [3.63, 3.8) is 0 Å². The lowest BCUT2D eigenvalue weighted by atomic mass is 10.0. The standard InChI is InChI=1S/C29H29BrN8O3/c1-14-6-18(19-10-32-17(4)33-11-19)7-20-25(16(3)39)36-37(26(14)20)13-24(40)38-21(8-29(5)9-22(29)38)28(41)35-23-12-31-15(2)27(30)34-23/h6-7,10-12,21-22H,8-9,13H2,1-5H3,(H,34,35,41)/t21-,22+,29-/m0/s1. The highest BCUT2D eigenvalue weighted by atomic mass is 79.9. The molecule has 12 heteroatoms. The molecule has 2 aliphatic rings. The molecule has 4 aromatic rings. The van der Waals surface area contributed by atoms with Gasteiger partial charge in [-0.2, -0.15) is 5.10 Å². The van der Waals surface area contributed by atoms with Crippen LogP contribution in [0.4, 0.5) is 5.82 Å². The predicted octanol–water partition coefficient (Wildman–Crippen LogP) is 4.19. The van der Waals surface area contributed by atoms with Crippen LogP contribution in [0.15, 0.2) is 35.3 Å². The van der Waals surface area contributed by atoms with Crippen LogP contribution in [-0.4, -0.2) is 64.3 Å². The van der Waals surface area contributed by atoms with Gasteiger partial charge in [0.05, 0.1) is 17.4 Å². The average molecular weight is 618 g/mol. The van der Waals surface area contributed by atoms with Gasteiger partial charge in [-0.3, -0.25) is 24.0 Å². The number of amides is 2. The molecular weight excluding hydrogens is 588 g/mol. The van der Waals surface area contributed by atoms with Crippen molar-refractivity contribution in [1.29, 1.82) is 0 Å². The van der Waals surface area contributed by atoms with Crippen LogP contribution >= 0.6 is 15.9 Å². The number of halogens is 1. The maximum absolute atomic E-state index is 13.9. The van der Waals surface area contributed by atoms with Crippen molar-refractivity contribution >= 4 is 50.2 Å². The van der Waals surface area contributed by atoms with Gasteiger partial charge in [-0.25, -0.2) is 15.0 Å². The van der Waals surface area contributed by atoms with Gasteiger partial charge in [-0.05, 0) is 78.2 Å². The number of piperidine rings is 1. The number of nitrogens with zero attached hydrogens (tertiary/aromatic N) is 7. The molecule has 0 unspecified atom stereocenters. The first-order valence-electron chi connectivity index (χ1n) is 13.4. The van der Waals surface area contributed by atoms with E-state index in [1.807, 2.05) is 32.9 Å². The van der Waals surface area contributed by atoms with Crippen molar-refractivity contribution < 1.29 is 14.4 Å². The van der Waals surface area contributed by atoms with Gasteiger partial charge < -0.3 is 10.2 Å². The van der Waals surface area contributed by atoms with Gasteiger partial charge in [0, 0.05) is 36.3 Å². The number of benzene rings is 1. The first kappa shape index (κ1) is 27.1. The van der Waals surface area contributed by atoms with E-state index in [-0.39, 0.29) is 35.6 Å². The summed E-state index contributed by atoms with van der Waals surface area (Å²) in [5.41, 5.74) is 4.15. The predicted molar refractivity (Wildman–Crippen MR) is 155 cm³/mol. The molecule has 0 radical (unpaired) electrons. The molecule has 1 saturated heterocycles. The van der Waals surface area contributed by atoms with E-state index in [0.29, 0.717) is 45.0 Å². The van der Waals surface area contributed by atoms with E-state index >= 15 is 0 Å². The molecule has 1 aliphatic carbocycles. The molecule has 1 aliphatic heterocycles. The number of carbonyl (C=O) groups excluding carboxylic acids is 3. The van der Waals surface area contributed by atoms with Crippen LogP contribution < -0.4 is 5.32 Å². The lowest BCUT2D eigenvalue weighted by molar-refractivity contribution is -0.138. The van der Waals surface area contributed by atoms with Gasteiger partial charge in [0.1, 0.15) is 28.7 Å². The summed E-state index contributed by atoms with van der Waals surface area (Å²) in [4.78, 5) is 58.7. The van der Waals surface area contributed by atoms with E-state index in [9.17, 15) is 14.4 Å². The number of rotatable bonds is 6. The second kappa shape index (κ2) is 9.79. The molecular formula is C29H29BrN8O3. The summed E-state index contributed by atoms with van der Waals surface area (Å²) in [5, 5.41) is 8.08. The Labute approximate surface area is 244 Å². The molecule has 1 aromatic carbocycles. The fourth-order valence-electron chi connectivity index (χ4n) is 5.88. The van der Waals surface area contributed by atoms with Gasteiger partial charge in [0.2, 0.25) is 11.8 Å². The number of hydrogen-bond acceptors (Lipinski definition) is 8. The smallest absolute Gasteiger partial charge is 0.248 e. The Bertz CT molecular complexity index is 1750. The SMILES string of the molecule is CC(=O)c1nn(CC(=O)N2[C@H](C(=O)Nc3cnc(C)c(Br)n3)C[C@@]3(C)C[C@@H]23)c2c(C)cc(-c3cnc(C)nc3)cc12. The number of aryl methyl sites for hydroxylation is 3. The number of anilines is 1. The molecule has 41 heavy (non-hydrogen) atoms. The van der Waals surface area contributed by atoms with Crippen LogP contribution in [-0.2, 0) is 16.1 Å². The van der Waals surface area contributed by atoms with Crippen molar-refractivity contribution in [2.75, 3.05) is 5.32 Å². The van der Waals surface area contributed by atoms with Gasteiger partial charge >= 0.3 is 0 Å². The normalized spacial score (nSPS) is 21.2. The van der Waals surface area contributed by atoms with Gasteiger partial charge in [0.15, 0.2) is 11.6 Å².